The van der Waals surface area contributed by atoms with E-state index in [2.05, 4.69) is 10.5 Å². The van der Waals surface area contributed by atoms with E-state index in [9.17, 15) is 4.79 Å². The van der Waals surface area contributed by atoms with Gasteiger partial charge in [0.25, 0.3) is 0 Å². The summed E-state index contributed by atoms with van der Waals surface area (Å²) in [6, 6.07) is 4.98. The molecule has 0 aliphatic rings. The first kappa shape index (κ1) is 14.0. The van der Waals surface area contributed by atoms with Crippen LogP contribution in [-0.2, 0) is 6.54 Å². The van der Waals surface area contributed by atoms with E-state index in [4.69, 9.17) is 10.5 Å². The van der Waals surface area contributed by atoms with Crippen LogP contribution in [0.4, 0.5) is 4.79 Å². The van der Waals surface area contributed by atoms with E-state index in [0.29, 0.717) is 0 Å². The highest BCUT2D eigenvalue weighted by Gasteiger charge is 2.04. The highest BCUT2D eigenvalue weighted by molar-refractivity contribution is 5.82. The summed E-state index contributed by atoms with van der Waals surface area (Å²) in [5.41, 5.74) is 8.97. The summed E-state index contributed by atoms with van der Waals surface area (Å²) < 4.78 is 5.28. The molecule has 6 nitrogen and oxygen atoms in total. The number of hydrogen-bond acceptors (Lipinski definition) is 4. The summed E-state index contributed by atoms with van der Waals surface area (Å²) in [5.74, 6) is 0.823. The van der Waals surface area contributed by atoms with Gasteiger partial charge in [0.1, 0.15) is 5.75 Å². The molecule has 0 saturated carbocycles. The van der Waals surface area contributed by atoms with Crippen molar-refractivity contribution in [1.29, 1.82) is 0 Å². The van der Waals surface area contributed by atoms with Gasteiger partial charge < -0.3 is 15.4 Å². The molecule has 0 heterocycles. The van der Waals surface area contributed by atoms with Crippen molar-refractivity contribution in [2.45, 2.75) is 6.54 Å². The second-order valence-electron chi connectivity index (χ2n) is 4.04. The van der Waals surface area contributed by atoms with Crippen LogP contribution in [0.2, 0.25) is 0 Å². The van der Waals surface area contributed by atoms with Gasteiger partial charge in [-0.25, -0.2) is 10.2 Å². The van der Waals surface area contributed by atoms with Crippen molar-refractivity contribution in [2.24, 2.45) is 10.8 Å². The number of hydrazone groups is 1. The molecule has 1 rings (SSSR count). The number of nitrogens with one attached hydrogen (secondary N) is 1. The van der Waals surface area contributed by atoms with Crippen LogP contribution in [0.25, 0.3) is 0 Å². The fraction of sp³-hybridized carbons (Fsp3) is 0.333. The average molecular weight is 250 g/mol. The lowest BCUT2D eigenvalue weighted by Crippen LogP contribution is -2.24. The minimum Gasteiger partial charge on any atom is -0.496 e. The number of amides is 2. The van der Waals surface area contributed by atoms with Gasteiger partial charge in [0.15, 0.2) is 0 Å². The molecule has 0 spiro atoms. The fourth-order valence-corrected chi connectivity index (χ4v) is 1.51. The zero-order valence-corrected chi connectivity index (χ0v) is 10.8. The fourth-order valence-electron chi connectivity index (χ4n) is 1.51. The Hall–Kier alpha value is -2.08. The molecule has 0 radical (unpaired) electrons. The monoisotopic (exact) mass is 250 g/mol. The zero-order chi connectivity index (χ0) is 13.5. The van der Waals surface area contributed by atoms with Crippen molar-refractivity contribution in [2.75, 3.05) is 21.2 Å². The van der Waals surface area contributed by atoms with E-state index in [1.54, 1.807) is 7.11 Å². The number of nitrogens with two attached hydrogens (primary N) is 1. The first-order valence-corrected chi connectivity index (χ1v) is 5.43. The molecule has 0 saturated heterocycles. The SMILES string of the molecule is COc1ccc(C=NNC(N)=O)cc1CN(C)C. The number of carbonyl (C=O) groups excluding carboxylic acids is 1. The third kappa shape index (κ3) is 4.42. The Morgan fingerprint density at radius 2 is 2.28 bits per heavy atom. The quantitative estimate of drug-likeness (QED) is 0.598. The number of methoxy groups -OCH3 is 1. The predicted molar refractivity (Wildman–Crippen MR) is 70.7 cm³/mol. The Labute approximate surface area is 106 Å². The maximum atomic E-state index is 10.5. The van der Waals surface area contributed by atoms with E-state index in [0.717, 1.165) is 23.4 Å². The molecule has 0 unspecified atom stereocenters. The molecule has 0 atom stereocenters. The Morgan fingerprint density at radius 1 is 1.56 bits per heavy atom. The molecule has 3 N–H and O–H groups in total. The summed E-state index contributed by atoms with van der Waals surface area (Å²) >= 11 is 0. The summed E-state index contributed by atoms with van der Waals surface area (Å²) in [7, 11) is 5.60. The molecule has 0 aromatic heterocycles. The molecule has 0 aliphatic carbocycles. The summed E-state index contributed by atoms with van der Waals surface area (Å²) in [6.07, 6.45) is 1.53. The van der Waals surface area contributed by atoms with Crippen LogP contribution in [0.1, 0.15) is 11.1 Å². The van der Waals surface area contributed by atoms with Crippen molar-refractivity contribution < 1.29 is 9.53 Å². The van der Waals surface area contributed by atoms with E-state index >= 15 is 0 Å². The zero-order valence-electron chi connectivity index (χ0n) is 10.8. The van der Waals surface area contributed by atoms with Crippen LogP contribution in [0.5, 0.6) is 5.75 Å². The average Bonchev–Trinajstić information content (AvgIpc) is 2.28. The second-order valence-corrected chi connectivity index (χ2v) is 4.04. The van der Waals surface area contributed by atoms with Crippen molar-refractivity contribution in [1.82, 2.24) is 10.3 Å². The van der Waals surface area contributed by atoms with Crippen molar-refractivity contribution in [3.05, 3.63) is 29.3 Å². The first-order chi connectivity index (χ1) is 8.52. The highest BCUT2D eigenvalue weighted by atomic mass is 16.5. The number of hydrogen-bond donors (Lipinski definition) is 2. The lowest BCUT2D eigenvalue weighted by atomic mass is 10.1. The highest BCUT2D eigenvalue weighted by Crippen LogP contribution is 2.20. The Morgan fingerprint density at radius 3 is 2.83 bits per heavy atom. The lowest BCUT2D eigenvalue weighted by molar-refractivity contribution is 0.249. The Kier molecular flexibility index (Phi) is 5.13. The molecule has 0 aliphatic heterocycles. The summed E-state index contributed by atoms with van der Waals surface area (Å²) in [4.78, 5) is 12.5. The number of nitrogens with zero attached hydrogens (tertiary/aromatic N) is 2. The number of ether oxygens (including phenoxy) is 1. The maximum Gasteiger partial charge on any atom is 0.332 e. The number of benzene rings is 1. The van der Waals surface area contributed by atoms with Crippen LogP contribution in [-0.4, -0.2) is 38.4 Å². The van der Waals surface area contributed by atoms with Crippen LogP contribution in [0.3, 0.4) is 0 Å². The molecule has 6 heteroatoms. The van der Waals surface area contributed by atoms with Crippen LogP contribution in [0.15, 0.2) is 23.3 Å². The molecule has 0 fully saturated rings. The third-order valence-corrected chi connectivity index (χ3v) is 2.18. The van der Waals surface area contributed by atoms with Crippen LogP contribution < -0.4 is 15.9 Å². The van der Waals surface area contributed by atoms with Gasteiger partial charge in [-0.15, -0.1) is 0 Å². The first-order valence-electron chi connectivity index (χ1n) is 5.43. The molecule has 2 amide bonds. The number of carbonyl (C=O) groups is 1. The number of primary amides is 1. The predicted octanol–water partition coefficient (Wildman–Crippen LogP) is 0.759. The molecule has 1 aromatic carbocycles. The standard InChI is InChI=1S/C12H18N4O2/c1-16(2)8-10-6-9(4-5-11(10)18-3)7-14-15-12(13)17/h4-7H,8H2,1-3H3,(H3,13,15,17). The number of urea groups is 1. The molecule has 0 bridgehead atoms. The Balaban J connectivity index is 2.88. The van der Waals surface area contributed by atoms with Gasteiger partial charge in [-0.2, -0.15) is 5.10 Å². The van der Waals surface area contributed by atoms with Crippen molar-refractivity contribution in [3.63, 3.8) is 0 Å². The van der Waals surface area contributed by atoms with Gasteiger partial charge in [-0.3, -0.25) is 0 Å². The minimum absolute atomic E-state index is 0.687. The molecular formula is C12H18N4O2. The van der Waals surface area contributed by atoms with Gasteiger partial charge in [0.05, 0.1) is 13.3 Å². The Bertz CT molecular complexity index is 444. The topological polar surface area (TPSA) is 80.0 Å². The minimum atomic E-state index is -0.687. The van der Waals surface area contributed by atoms with Gasteiger partial charge >= 0.3 is 6.03 Å². The van der Waals surface area contributed by atoms with Crippen LogP contribution >= 0.6 is 0 Å². The second kappa shape index (κ2) is 6.61. The van der Waals surface area contributed by atoms with Gasteiger partial charge in [-0.05, 0) is 37.9 Å². The van der Waals surface area contributed by atoms with E-state index < -0.39 is 6.03 Å². The van der Waals surface area contributed by atoms with Gasteiger partial charge in [0.2, 0.25) is 0 Å². The third-order valence-electron chi connectivity index (χ3n) is 2.18. The molecule has 98 valence electrons. The van der Waals surface area contributed by atoms with E-state index in [1.165, 1.54) is 6.21 Å². The molecular weight excluding hydrogens is 232 g/mol. The van der Waals surface area contributed by atoms with Crippen LogP contribution in [0, 0.1) is 0 Å². The van der Waals surface area contributed by atoms with Crippen molar-refractivity contribution >= 4 is 12.2 Å². The summed E-state index contributed by atoms with van der Waals surface area (Å²) in [5, 5.41) is 3.71. The van der Waals surface area contributed by atoms with E-state index in [-0.39, 0.29) is 0 Å². The van der Waals surface area contributed by atoms with Gasteiger partial charge in [-0.1, -0.05) is 0 Å². The number of rotatable bonds is 5. The molecule has 1 aromatic rings. The lowest BCUT2D eigenvalue weighted by Gasteiger charge is -2.13. The molecule has 18 heavy (non-hydrogen) atoms. The van der Waals surface area contributed by atoms with Gasteiger partial charge in [0, 0.05) is 12.1 Å². The normalized spacial score (nSPS) is 10.9. The summed E-state index contributed by atoms with van der Waals surface area (Å²) in [6.45, 7) is 0.758. The van der Waals surface area contributed by atoms with E-state index in [1.807, 2.05) is 37.2 Å². The largest absolute Gasteiger partial charge is 0.496 e. The maximum absolute atomic E-state index is 10.5. The van der Waals surface area contributed by atoms with Crippen molar-refractivity contribution in [3.8, 4) is 5.75 Å². The smallest absolute Gasteiger partial charge is 0.332 e.